The van der Waals surface area contributed by atoms with Gasteiger partial charge >= 0.3 is 0 Å². The average molecular weight is 448 g/mol. The molecule has 0 aliphatic carbocycles. The first-order valence-corrected chi connectivity index (χ1v) is 9.68. The lowest BCUT2D eigenvalue weighted by molar-refractivity contribution is -0.0258. The van der Waals surface area contributed by atoms with Gasteiger partial charge in [-0.05, 0) is 58.7 Å². The van der Waals surface area contributed by atoms with Crippen molar-refractivity contribution >= 4 is 49.1 Å². The van der Waals surface area contributed by atoms with Crippen LogP contribution >= 0.6 is 27.5 Å². The Morgan fingerprint density at radius 3 is 2.52 bits per heavy atom. The topological polar surface area (TPSA) is 75.7 Å². The van der Waals surface area contributed by atoms with Crippen LogP contribution in [-0.4, -0.2) is 33.0 Å². The zero-order valence-electron chi connectivity index (χ0n) is 13.7. The number of sulfonamides is 1. The molecule has 0 atom stereocenters. The lowest BCUT2D eigenvalue weighted by atomic mass is 10.2. The number of carbonyl (C=O) groups excluding carboxylic acids is 1. The zero-order chi connectivity index (χ0) is 18.8. The summed E-state index contributed by atoms with van der Waals surface area (Å²) in [5.74, 6) is -0.460. The SMILES string of the molecule is CON(C)S(=O)(=O)c1cc(C(=O)Nc2ccc(C)cc2Br)ccc1Cl. The van der Waals surface area contributed by atoms with Crippen molar-refractivity contribution in [3.05, 3.63) is 57.0 Å². The molecule has 0 aliphatic rings. The summed E-state index contributed by atoms with van der Waals surface area (Å²) in [6.45, 7) is 1.93. The Kier molecular flexibility index (Phi) is 6.23. The Hall–Kier alpha value is -1.45. The molecule has 0 bridgehead atoms. The summed E-state index contributed by atoms with van der Waals surface area (Å²) >= 11 is 9.37. The normalized spacial score (nSPS) is 11.6. The van der Waals surface area contributed by atoms with Crippen molar-refractivity contribution in [2.45, 2.75) is 11.8 Å². The van der Waals surface area contributed by atoms with Crippen LogP contribution in [0, 0.1) is 6.92 Å². The fourth-order valence-corrected chi connectivity index (χ4v) is 4.06. The summed E-state index contributed by atoms with van der Waals surface area (Å²) < 4.78 is 26.2. The summed E-state index contributed by atoms with van der Waals surface area (Å²) in [7, 11) is -1.52. The van der Waals surface area contributed by atoms with Gasteiger partial charge in [-0.25, -0.2) is 8.42 Å². The fourth-order valence-electron chi connectivity index (χ4n) is 1.99. The van der Waals surface area contributed by atoms with Crippen LogP contribution < -0.4 is 5.32 Å². The fraction of sp³-hybridized carbons (Fsp3) is 0.188. The van der Waals surface area contributed by atoms with Gasteiger partial charge in [-0.3, -0.25) is 9.63 Å². The van der Waals surface area contributed by atoms with E-state index in [9.17, 15) is 13.2 Å². The molecule has 0 heterocycles. The van der Waals surface area contributed by atoms with E-state index in [4.69, 9.17) is 16.4 Å². The molecule has 1 amide bonds. The smallest absolute Gasteiger partial charge is 0.266 e. The van der Waals surface area contributed by atoms with Crippen molar-refractivity contribution in [3.63, 3.8) is 0 Å². The number of halogens is 2. The molecule has 0 fully saturated rings. The van der Waals surface area contributed by atoms with Gasteiger partial charge in [-0.15, -0.1) is 0 Å². The van der Waals surface area contributed by atoms with E-state index in [0.717, 1.165) is 10.0 Å². The van der Waals surface area contributed by atoms with Crippen molar-refractivity contribution in [3.8, 4) is 0 Å². The number of carbonyl (C=O) groups is 1. The minimum Gasteiger partial charge on any atom is -0.321 e. The molecular formula is C16H16BrClN2O4S. The molecule has 2 aromatic carbocycles. The highest BCUT2D eigenvalue weighted by Crippen LogP contribution is 2.27. The van der Waals surface area contributed by atoms with E-state index in [1.54, 1.807) is 6.07 Å². The van der Waals surface area contributed by atoms with E-state index in [0.29, 0.717) is 10.2 Å². The van der Waals surface area contributed by atoms with Gasteiger partial charge in [0.1, 0.15) is 4.90 Å². The zero-order valence-corrected chi connectivity index (χ0v) is 16.9. The Morgan fingerprint density at radius 2 is 1.92 bits per heavy atom. The molecular weight excluding hydrogens is 432 g/mol. The molecule has 6 nitrogen and oxygen atoms in total. The van der Waals surface area contributed by atoms with Crippen LogP contribution in [0.1, 0.15) is 15.9 Å². The minimum atomic E-state index is -3.97. The van der Waals surface area contributed by atoms with Crippen LogP contribution in [0.5, 0.6) is 0 Å². The maximum absolute atomic E-state index is 12.5. The van der Waals surface area contributed by atoms with Crippen LogP contribution in [0.25, 0.3) is 0 Å². The number of hydrogen-bond donors (Lipinski definition) is 1. The molecule has 9 heteroatoms. The van der Waals surface area contributed by atoms with Gasteiger partial charge < -0.3 is 5.32 Å². The average Bonchev–Trinajstić information content (AvgIpc) is 2.56. The second-order valence-electron chi connectivity index (χ2n) is 5.18. The van der Waals surface area contributed by atoms with Gasteiger partial charge in [-0.1, -0.05) is 22.1 Å². The third-order valence-corrected chi connectivity index (χ3v) is 6.26. The van der Waals surface area contributed by atoms with Crippen LogP contribution in [0.15, 0.2) is 45.8 Å². The van der Waals surface area contributed by atoms with Crippen molar-refractivity contribution in [1.29, 1.82) is 0 Å². The summed E-state index contributed by atoms with van der Waals surface area (Å²) in [5, 5.41) is 2.72. The lowest BCUT2D eigenvalue weighted by Gasteiger charge is -2.16. The van der Waals surface area contributed by atoms with E-state index < -0.39 is 15.9 Å². The van der Waals surface area contributed by atoms with Gasteiger partial charge in [-0.2, -0.15) is 0 Å². The van der Waals surface area contributed by atoms with Gasteiger partial charge in [0.25, 0.3) is 15.9 Å². The molecule has 2 aromatic rings. The number of anilines is 1. The van der Waals surface area contributed by atoms with E-state index in [1.807, 2.05) is 19.1 Å². The molecule has 0 aromatic heterocycles. The molecule has 0 spiro atoms. The molecule has 1 N–H and O–H groups in total. The Balaban J connectivity index is 2.37. The number of aryl methyl sites for hydroxylation is 1. The van der Waals surface area contributed by atoms with Crippen molar-refractivity contribution in [2.75, 3.05) is 19.5 Å². The quantitative estimate of drug-likeness (QED) is 0.707. The van der Waals surface area contributed by atoms with Crippen LogP contribution in [0.2, 0.25) is 5.02 Å². The molecule has 0 radical (unpaired) electrons. The number of rotatable bonds is 5. The van der Waals surface area contributed by atoms with E-state index in [1.165, 1.54) is 32.4 Å². The monoisotopic (exact) mass is 446 g/mol. The summed E-state index contributed by atoms with van der Waals surface area (Å²) in [6, 6.07) is 9.49. The van der Waals surface area contributed by atoms with Crippen LogP contribution in [0.3, 0.4) is 0 Å². The molecule has 2 rings (SSSR count). The maximum atomic E-state index is 12.5. The molecule has 0 unspecified atom stereocenters. The summed E-state index contributed by atoms with van der Waals surface area (Å²) in [4.78, 5) is 17.0. The second-order valence-corrected chi connectivity index (χ2v) is 8.35. The number of hydroxylamine groups is 1. The molecule has 134 valence electrons. The molecule has 0 saturated heterocycles. The molecule has 25 heavy (non-hydrogen) atoms. The Bertz CT molecular complexity index is 918. The largest absolute Gasteiger partial charge is 0.321 e. The number of nitrogens with one attached hydrogen (secondary N) is 1. The van der Waals surface area contributed by atoms with Crippen LogP contribution in [0.4, 0.5) is 5.69 Å². The highest BCUT2D eigenvalue weighted by Gasteiger charge is 2.25. The van der Waals surface area contributed by atoms with Crippen molar-refractivity contribution in [1.82, 2.24) is 4.47 Å². The number of amides is 1. The molecule has 0 saturated carbocycles. The predicted molar refractivity (Wildman–Crippen MR) is 100 cm³/mol. The first-order valence-electron chi connectivity index (χ1n) is 7.07. The first-order chi connectivity index (χ1) is 11.7. The number of nitrogens with zero attached hydrogens (tertiary/aromatic N) is 1. The number of hydrogen-bond acceptors (Lipinski definition) is 4. The Labute approximate surface area is 159 Å². The highest BCUT2D eigenvalue weighted by molar-refractivity contribution is 9.10. The van der Waals surface area contributed by atoms with Gasteiger partial charge in [0.05, 0.1) is 17.8 Å². The van der Waals surface area contributed by atoms with Crippen LogP contribution in [-0.2, 0) is 14.9 Å². The second kappa shape index (κ2) is 7.84. The number of benzene rings is 2. The third-order valence-electron chi connectivity index (χ3n) is 3.44. The summed E-state index contributed by atoms with van der Waals surface area (Å²) in [5.41, 5.74) is 1.76. The predicted octanol–water partition coefficient (Wildman–Crippen LogP) is 3.85. The van der Waals surface area contributed by atoms with E-state index >= 15 is 0 Å². The highest BCUT2D eigenvalue weighted by atomic mass is 79.9. The lowest BCUT2D eigenvalue weighted by Crippen LogP contribution is -2.26. The van der Waals surface area contributed by atoms with E-state index in [-0.39, 0.29) is 15.5 Å². The van der Waals surface area contributed by atoms with E-state index in [2.05, 4.69) is 21.2 Å². The molecule has 0 aliphatic heterocycles. The van der Waals surface area contributed by atoms with Crippen molar-refractivity contribution in [2.24, 2.45) is 0 Å². The van der Waals surface area contributed by atoms with Gasteiger partial charge in [0, 0.05) is 17.1 Å². The third kappa shape index (κ3) is 4.39. The Morgan fingerprint density at radius 1 is 1.24 bits per heavy atom. The standard InChI is InChI=1S/C16H16BrClN2O4S/c1-10-4-7-14(12(17)8-10)19-16(21)11-5-6-13(18)15(9-11)25(22,23)20(2)24-3/h4-9H,1-3H3,(H,19,21). The minimum absolute atomic E-state index is 0.00281. The van der Waals surface area contributed by atoms with Gasteiger partial charge in [0.15, 0.2) is 0 Å². The summed E-state index contributed by atoms with van der Waals surface area (Å²) in [6.07, 6.45) is 0. The first kappa shape index (κ1) is 19.9. The van der Waals surface area contributed by atoms with Crippen molar-refractivity contribution < 1.29 is 18.0 Å². The maximum Gasteiger partial charge on any atom is 0.266 e. The van der Waals surface area contributed by atoms with Gasteiger partial charge in [0.2, 0.25) is 0 Å².